The van der Waals surface area contributed by atoms with E-state index in [0.29, 0.717) is 6.42 Å². The second kappa shape index (κ2) is 7.60. The quantitative estimate of drug-likeness (QED) is 0.681. The van der Waals surface area contributed by atoms with E-state index >= 15 is 0 Å². The van der Waals surface area contributed by atoms with E-state index in [1.54, 1.807) is 0 Å². The van der Waals surface area contributed by atoms with Crippen molar-refractivity contribution in [1.29, 1.82) is 0 Å². The lowest BCUT2D eigenvalue weighted by Gasteiger charge is -2.14. The van der Waals surface area contributed by atoms with Gasteiger partial charge in [0.2, 0.25) is 5.09 Å². The summed E-state index contributed by atoms with van der Waals surface area (Å²) in [4.78, 5) is 22.6. The Labute approximate surface area is 134 Å². The van der Waals surface area contributed by atoms with Crippen LogP contribution >= 0.6 is 0 Å². The minimum Gasteiger partial charge on any atom is -0.481 e. The van der Waals surface area contributed by atoms with E-state index in [9.17, 15) is 18.0 Å². The maximum Gasteiger partial charge on any atom is 0.341 e. The average Bonchev–Trinajstić information content (AvgIpc) is 2.84. The number of ether oxygens (including phenoxy) is 1. The number of carboxylic acid groups (broad SMARTS) is 1. The molecule has 9 heteroatoms. The van der Waals surface area contributed by atoms with Crippen molar-refractivity contribution in [3.63, 3.8) is 0 Å². The van der Waals surface area contributed by atoms with Crippen molar-refractivity contribution in [1.82, 2.24) is 4.72 Å². The van der Waals surface area contributed by atoms with Crippen LogP contribution in [-0.4, -0.2) is 39.1 Å². The van der Waals surface area contributed by atoms with Gasteiger partial charge in [-0.25, -0.2) is 17.9 Å². The molecule has 8 nitrogen and oxygen atoms in total. The molecule has 0 radical (unpaired) electrons. The summed E-state index contributed by atoms with van der Waals surface area (Å²) >= 11 is 0. The standard InChI is InChI=1S/C14H21NO7S/c1-8(2)5-10(13(16)17)7-15-23(19,20)12-6-11(9(3)22-12)14(18)21-4/h6,8,10,15H,5,7H2,1-4H3,(H,16,17). The van der Waals surface area contributed by atoms with Crippen LogP contribution in [0.4, 0.5) is 0 Å². The molecule has 0 fully saturated rings. The number of methoxy groups -OCH3 is 1. The van der Waals surface area contributed by atoms with Gasteiger partial charge in [-0.2, -0.15) is 0 Å². The lowest BCUT2D eigenvalue weighted by molar-refractivity contribution is -0.142. The molecule has 0 aliphatic rings. The summed E-state index contributed by atoms with van der Waals surface area (Å²) in [6.07, 6.45) is 0.336. The van der Waals surface area contributed by atoms with Gasteiger partial charge in [-0.15, -0.1) is 0 Å². The second-order valence-corrected chi connectivity index (χ2v) is 7.24. The zero-order chi connectivity index (χ0) is 17.8. The lowest BCUT2D eigenvalue weighted by Crippen LogP contribution is -2.33. The molecule has 1 aromatic rings. The Morgan fingerprint density at radius 2 is 2.00 bits per heavy atom. The van der Waals surface area contributed by atoms with Gasteiger partial charge in [0, 0.05) is 12.6 Å². The Bertz CT molecular complexity index is 675. The molecule has 0 amide bonds. The lowest BCUT2D eigenvalue weighted by atomic mass is 9.98. The number of rotatable bonds is 8. The van der Waals surface area contributed by atoms with E-state index in [-0.39, 0.29) is 23.8 Å². The zero-order valence-corrected chi connectivity index (χ0v) is 14.3. The summed E-state index contributed by atoms with van der Waals surface area (Å²) in [6.45, 7) is 4.87. The Morgan fingerprint density at radius 1 is 1.39 bits per heavy atom. The predicted molar refractivity (Wildman–Crippen MR) is 80.6 cm³/mol. The van der Waals surface area contributed by atoms with E-state index in [0.717, 1.165) is 6.07 Å². The highest BCUT2D eigenvalue weighted by Gasteiger charge is 2.27. The molecule has 0 aromatic carbocycles. The highest BCUT2D eigenvalue weighted by molar-refractivity contribution is 7.89. The molecule has 2 N–H and O–H groups in total. The molecule has 0 aliphatic heterocycles. The van der Waals surface area contributed by atoms with Crippen LogP contribution in [0.2, 0.25) is 0 Å². The minimum absolute atomic E-state index is 0.00448. The minimum atomic E-state index is -4.06. The number of hydrogen-bond acceptors (Lipinski definition) is 6. The zero-order valence-electron chi connectivity index (χ0n) is 13.5. The largest absolute Gasteiger partial charge is 0.481 e. The molecule has 0 spiro atoms. The van der Waals surface area contributed by atoms with Crippen molar-refractivity contribution in [3.8, 4) is 0 Å². The molecule has 0 saturated heterocycles. The van der Waals surface area contributed by atoms with E-state index in [1.807, 2.05) is 13.8 Å². The predicted octanol–water partition coefficient (Wildman–Crippen LogP) is 1.40. The number of aliphatic carboxylic acids is 1. The molecular formula is C14H21NO7S. The third-order valence-corrected chi connectivity index (χ3v) is 4.47. The molecule has 1 aromatic heterocycles. The number of hydrogen-bond donors (Lipinski definition) is 2. The molecule has 0 saturated carbocycles. The number of furan rings is 1. The highest BCUT2D eigenvalue weighted by Crippen LogP contribution is 2.20. The third-order valence-electron chi connectivity index (χ3n) is 3.19. The van der Waals surface area contributed by atoms with Gasteiger partial charge < -0.3 is 14.3 Å². The Balaban J connectivity index is 2.91. The van der Waals surface area contributed by atoms with Crippen molar-refractivity contribution in [2.45, 2.75) is 32.3 Å². The van der Waals surface area contributed by atoms with Gasteiger partial charge in [0.15, 0.2) is 0 Å². The van der Waals surface area contributed by atoms with Crippen LogP contribution < -0.4 is 4.72 Å². The number of esters is 1. The smallest absolute Gasteiger partial charge is 0.341 e. The van der Waals surface area contributed by atoms with Crippen LogP contribution in [0.3, 0.4) is 0 Å². The fourth-order valence-corrected chi connectivity index (χ4v) is 3.09. The van der Waals surface area contributed by atoms with Crippen LogP contribution in [0.15, 0.2) is 15.6 Å². The molecule has 1 rings (SSSR count). The van der Waals surface area contributed by atoms with E-state index in [4.69, 9.17) is 9.52 Å². The van der Waals surface area contributed by atoms with Gasteiger partial charge in [-0.05, 0) is 19.3 Å². The normalized spacial score (nSPS) is 13.1. The van der Waals surface area contributed by atoms with E-state index in [2.05, 4.69) is 9.46 Å². The first-order valence-corrected chi connectivity index (χ1v) is 8.48. The molecule has 0 aliphatic carbocycles. The van der Waals surface area contributed by atoms with Gasteiger partial charge in [0.1, 0.15) is 11.3 Å². The van der Waals surface area contributed by atoms with Crippen molar-refractivity contribution < 1.29 is 32.3 Å². The fourth-order valence-electron chi connectivity index (χ4n) is 2.02. The van der Waals surface area contributed by atoms with Crippen molar-refractivity contribution in [2.24, 2.45) is 11.8 Å². The highest BCUT2D eigenvalue weighted by atomic mass is 32.2. The van der Waals surface area contributed by atoms with Gasteiger partial charge in [-0.1, -0.05) is 13.8 Å². The number of carbonyl (C=O) groups excluding carboxylic acids is 1. The first kappa shape index (κ1) is 19.2. The molecule has 1 heterocycles. The summed E-state index contributed by atoms with van der Waals surface area (Å²) in [6, 6.07) is 1.06. The SMILES string of the molecule is COC(=O)c1cc(S(=O)(=O)NCC(CC(C)C)C(=O)O)oc1C. The van der Waals surface area contributed by atoms with Crippen molar-refractivity contribution in [3.05, 3.63) is 17.4 Å². The number of carbonyl (C=O) groups is 2. The van der Waals surface area contributed by atoms with Crippen LogP contribution in [0.1, 0.15) is 36.4 Å². The molecule has 130 valence electrons. The van der Waals surface area contributed by atoms with Crippen LogP contribution in [0, 0.1) is 18.8 Å². The second-order valence-electron chi connectivity index (χ2n) is 5.54. The van der Waals surface area contributed by atoms with E-state index in [1.165, 1.54) is 14.0 Å². The summed E-state index contributed by atoms with van der Waals surface area (Å²) in [5, 5.41) is 8.67. The molecule has 0 bridgehead atoms. The van der Waals surface area contributed by atoms with Crippen LogP contribution in [0.5, 0.6) is 0 Å². The third kappa shape index (κ3) is 5.07. The first-order chi connectivity index (χ1) is 10.6. The van der Waals surface area contributed by atoms with Gasteiger partial charge in [0.05, 0.1) is 13.0 Å². The molecule has 23 heavy (non-hydrogen) atoms. The summed E-state index contributed by atoms with van der Waals surface area (Å²) in [7, 11) is -2.88. The van der Waals surface area contributed by atoms with Gasteiger partial charge in [-0.3, -0.25) is 4.79 Å². The van der Waals surface area contributed by atoms with Crippen molar-refractivity contribution in [2.75, 3.05) is 13.7 Å². The fraction of sp³-hybridized carbons (Fsp3) is 0.571. The van der Waals surface area contributed by atoms with Crippen LogP contribution in [0.25, 0.3) is 0 Å². The number of nitrogens with one attached hydrogen (secondary N) is 1. The maximum atomic E-state index is 12.2. The van der Waals surface area contributed by atoms with Gasteiger partial charge in [0.25, 0.3) is 10.0 Å². The molecule has 1 atom stereocenters. The Morgan fingerprint density at radius 3 is 2.48 bits per heavy atom. The maximum absolute atomic E-state index is 12.2. The summed E-state index contributed by atoms with van der Waals surface area (Å²) in [5.74, 6) is -2.42. The topological polar surface area (TPSA) is 123 Å². The number of sulfonamides is 1. The summed E-state index contributed by atoms with van der Waals surface area (Å²) in [5.41, 5.74) is 0.00448. The average molecular weight is 347 g/mol. The summed E-state index contributed by atoms with van der Waals surface area (Å²) < 4.78 is 36.2. The number of carboxylic acids is 1. The van der Waals surface area contributed by atoms with Gasteiger partial charge >= 0.3 is 11.9 Å². The Kier molecular flexibility index (Phi) is 6.34. The first-order valence-electron chi connectivity index (χ1n) is 6.99. The van der Waals surface area contributed by atoms with E-state index < -0.39 is 33.0 Å². The van der Waals surface area contributed by atoms with Crippen molar-refractivity contribution >= 4 is 22.0 Å². The number of aryl methyl sites for hydroxylation is 1. The monoisotopic (exact) mass is 347 g/mol. The van der Waals surface area contributed by atoms with Crippen LogP contribution in [-0.2, 0) is 19.6 Å². The Hall–Kier alpha value is -1.87. The molecule has 1 unspecified atom stereocenters. The molecular weight excluding hydrogens is 326 g/mol.